The van der Waals surface area contributed by atoms with Crippen molar-refractivity contribution in [1.29, 1.82) is 0 Å². The second kappa shape index (κ2) is 4.92. The molecule has 2 heterocycles. The maximum atomic E-state index is 5.79. The van der Waals surface area contributed by atoms with Crippen LogP contribution in [0.2, 0.25) is 0 Å². The largest absolute Gasteiger partial charge is 0.355 e. The number of rotatable bonds is 1. The Labute approximate surface area is 96.7 Å². The van der Waals surface area contributed by atoms with Crippen molar-refractivity contribution in [1.82, 2.24) is 10.3 Å². The molecule has 1 aliphatic heterocycles. The Morgan fingerprint density at radius 3 is 2.87 bits per heavy atom. The van der Waals surface area contributed by atoms with E-state index in [1.165, 1.54) is 0 Å². The lowest BCUT2D eigenvalue weighted by Gasteiger charge is -2.37. The van der Waals surface area contributed by atoms with E-state index in [1.54, 1.807) is 6.20 Å². The molecule has 0 saturated carbocycles. The molecule has 0 radical (unpaired) electrons. The van der Waals surface area contributed by atoms with Crippen molar-refractivity contribution in [2.24, 2.45) is 5.92 Å². The van der Waals surface area contributed by atoms with E-state index in [2.05, 4.69) is 17.2 Å². The van der Waals surface area contributed by atoms with Gasteiger partial charge in [0.15, 0.2) is 5.72 Å². The van der Waals surface area contributed by atoms with Crippen molar-refractivity contribution < 1.29 is 4.74 Å². The molecule has 1 N–H and O–H groups in total. The van der Waals surface area contributed by atoms with Crippen molar-refractivity contribution >= 4 is 12.4 Å². The molecule has 15 heavy (non-hydrogen) atoms. The maximum absolute atomic E-state index is 5.79. The Morgan fingerprint density at radius 1 is 1.53 bits per heavy atom. The summed E-state index contributed by atoms with van der Waals surface area (Å²) in [6, 6.07) is 5.89. The Balaban J connectivity index is 0.00000112. The van der Waals surface area contributed by atoms with Gasteiger partial charge in [0, 0.05) is 12.7 Å². The van der Waals surface area contributed by atoms with Crippen LogP contribution in [0.4, 0.5) is 0 Å². The molecule has 3 nitrogen and oxygen atoms in total. The first kappa shape index (κ1) is 12.4. The SMILES string of the molecule is CC1CNC(C)(c2ccccn2)OC1.Cl. The van der Waals surface area contributed by atoms with Gasteiger partial charge in [0.25, 0.3) is 0 Å². The number of ether oxygens (including phenoxy) is 1. The Morgan fingerprint density at radius 2 is 2.33 bits per heavy atom. The Hall–Kier alpha value is -0.640. The van der Waals surface area contributed by atoms with Gasteiger partial charge in [-0.2, -0.15) is 0 Å². The van der Waals surface area contributed by atoms with E-state index in [1.807, 2.05) is 25.1 Å². The molecule has 1 aromatic rings. The van der Waals surface area contributed by atoms with Gasteiger partial charge < -0.3 is 4.74 Å². The van der Waals surface area contributed by atoms with E-state index in [0.717, 1.165) is 18.8 Å². The summed E-state index contributed by atoms with van der Waals surface area (Å²) in [4.78, 5) is 4.31. The van der Waals surface area contributed by atoms with Gasteiger partial charge in [-0.1, -0.05) is 13.0 Å². The molecule has 0 aromatic carbocycles. The molecule has 1 aliphatic rings. The average Bonchev–Trinajstić information content (AvgIpc) is 2.24. The number of aromatic nitrogens is 1. The van der Waals surface area contributed by atoms with Crippen LogP contribution in [0.25, 0.3) is 0 Å². The smallest absolute Gasteiger partial charge is 0.159 e. The van der Waals surface area contributed by atoms with E-state index in [0.29, 0.717) is 5.92 Å². The molecule has 0 bridgehead atoms. The van der Waals surface area contributed by atoms with Crippen LogP contribution in [-0.2, 0) is 10.5 Å². The molecule has 1 aromatic heterocycles. The molecule has 1 fully saturated rings. The number of hydrogen-bond acceptors (Lipinski definition) is 3. The lowest BCUT2D eigenvalue weighted by Crippen LogP contribution is -2.50. The van der Waals surface area contributed by atoms with Gasteiger partial charge >= 0.3 is 0 Å². The molecule has 0 aliphatic carbocycles. The number of halogens is 1. The molecule has 0 amide bonds. The first-order chi connectivity index (χ1) is 6.71. The standard InChI is InChI=1S/C11H16N2O.ClH/c1-9-7-13-11(2,14-8-9)10-5-3-4-6-12-10;/h3-6,9,13H,7-8H2,1-2H3;1H. The minimum atomic E-state index is -0.409. The second-order valence-corrected chi connectivity index (χ2v) is 4.05. The number of hydrogen-bond donors (Lipinski definition) is 1. The van der Waals surface area contributed by atoms with E-state index >= 15 is 0 Å². The van der Waals surface area contributed by atoms with Gasteiger partial charge in [0.1, 0.15) is 0 Å². The van der Waals surface area contributed by atoms with Crippen molar-refractivity contribution in [3.05, 3.63) is 30.1 Å². The highest BCUT2D eigenvalue weighted by Gasteiger charge is 2.32. The number of nitrogens with one attached hydrogen (secondary N) is 1. The van der Waals surface area contributed by atoms with Crippen molar-refractivity contribution in [3.63, 3.8) is 0 Å². The second-order valence-electron chi connectivity index (χ2n) is 4.05. The quantitative estimate of drug-likeness (QED) is 0.798. The molecule has 1 saturated heterocycles. The maximum Gasteiger partial charge on any atom is 0.159 e. The third-order valence-electron chi connectivity index (χ3n) is 2.60. The van der Waals surface area contributed by atoms with Gasteiger partial charge in [-0.15, -0.1) is 12.4 Å². The fourth-order valence-electron chi connectivity index (χ4n) is 1.60. The highest BCUT2D eigenvalue weighted by molar-refractivity contribution is 5.85. The summed E-state index contributed by atoms with van der Waals surface area (Å²) in [7, 11) is 0. The first-order valence-corrected chi connectivity index (χ1v) is 5.01. The predicted octanol–water partition coefficient (Wildman–Crippen LogP) is 1.93. The fourth-order valence-corrected chi connectivity index (χ4v) is 1.60. The predicted molar refractivity (Wildman–Crippen MR) is 62.0 cm³/mol. The van der Waals surface area contributed by atoms with Gasteiger partial charge in [-0.3, -0.25) is 10.3 Å². The van der Waals surface area contributed by atoms with Crippen LogP contribution in [0.3, 0.4) is 0 Å². The molecule has 2 unspecified atom stereocenters. The molecule has 2 rings (SSSR count). The van der Waals surface area contributed by atoms with Crippen LogP contribution in [-0.4, -0.2) is 18.1 Å². The van der Waals surface area contributed by atoms with Crippen LogP contribution in [0.5, 0.6) is 0 Å². The summed E-state index contributed by atoms with van der Waals surface area (Å²) in [6.07, 6.45) is 1.80. The van der Waals surface area contributed by atoms with E-state index in [9.17, 15) is 0 Å². The zero-order chi connectivity index (χ0) is 10.0. The topological polar surface area (TPSA) is 34.2 Å². The summed E-state index contributed by atoms with van der Waals surface area (Å²) >= 11 is 0. The van der Waals surface area contributed by atoms with Gasteiger partial charge in [0.05, 0.1) is 12.3 Å². The van der Waals surface area contributed by atoms with Gasteiger partial charge in [-0.25, -0.2) is 0 Å². The minimum Gasteiger partial charge on any atom is -0.355 e. The molecule has 2 atom stereocenters. The summed E-state index contributed by atoms with van der Waals surface area (Å²) in [5, 5.41) is 3.38. The number of nitrogens with zero attached hydrogens (tertiary/aromatic N) is 1. The molecular weight excluding hydrogens is 212 g/mol. The highest BCUT2D eigenvalue weighted by atomic mass is 35.5. The summed E-state index contributed by atoms with van der Waals surface area (Å²) in [5.74, 6) is 0.576. The van der Waals surface area contributed by atoms with Crippen LogP contribution < -0.4 is 5.32 Å². The van der Waals surface area contributed by atoms with E-state index in [4.69, 9.17) is 4.74 Å². The van der Waals surface area contributed by atoms with E-state index in [-0.39, 0.29) is 12.4 Å². The fraction of sp³-hybridized carbons (Fsp3) is 0.545. The summed E-state index contributed by atoms with van der Waals surface area (Å²) in [5.41, 5.74) is 0.542. The first-order valence-electron chi connectivity index (χ1n) is 5.01. The third-order valence-corrected chi connectivity index (χ3v) is 2.60. The van der Waals surface area contributed by atoms with Gasteiger partial charge in [-0.05, 0) is 25.0 Å². The van der Waals surface area contributed by atoms with Crippen molar-refractivity contribution in [2.75, 3.05) is 13.2 Å². The van der Waals surface area contributed by atoms with Gasteiger partial charge in [0.2, 0.25) is 0 Å². The monoisotopic (exact) mass is 228 g/mol. The lowest BCUT2D eigenvalue weighted by molar-refractivity contribution is -0.109. The molecule has 84 valence electrons. The Kier molecular flexibility index (Phi) is 4.08. The molecule has 4 heteroatoms. The molecule has 0 spiro atoms. The summed E-state index contributed by atoms with van der Waals surface area (Å²) in [6.45, 7) is 5.97. The Bertz CT molecular complexity index is 297. The van der Waals surface area contributed by atoms with Crippen molar-refractivity contribution in [3.8, 4) is 0 Å². The zero-order valence-electron chi connectivity index (χ0n) is 9.06. The van der Waals surface area contributed by atoms with Crippen molar-refractivity contribution in [2.45, 2.75) is 19.6 Å². The average molecular weight is 229 g/mol. The minimum absolute atomic E-state index is 0. The molecular formula is C11H17ClN2O. The third kappa shape index (κ3) is 2.68. The van der Waals surface area contributed by atoms with Crippen LogP contribution in [0.1, 0.15) is 19.5 Å². The van der Waals surface area contributed by atoms with E-state index < -0.39 is 5.72 Å². The van der Waals surface area contributed by atoms with Crippen LogP contribution in [0, 0.1) is 5.92 Å². The lowest BCUT2D eigenvalue weighted by atomic mass is 10.1. The summed E-state index contributed by atoms with van der Waals surface area (Å²) < 4.78 is 5.79. The zero-order valence-corrected chi connectivity index (χ0v) is 9.88. The number of pyridine rings is 1. The normalized spacial score (nSPS) is 30.7. The van der Waals surface area contributed by atoms with Crippen LogP contribution >= 0.6 is 12.4 Å². The highest BCUT2D eigenvalue weighted by Crippen LogP contribution is 2.24. The van der Waals surface area contributed by atoms with Crippen LogP contribution in [0.15, 0.2) is 24.4 Å².